The van der Waals surface area contributed by atoms with Gasteiger partial charge < -0.3 is 19.8 Å². The Morgan fingerprint density at radius 3 is 1.25 bits per heavy atom. The highest BCUT2D eigenvalue weighted by Crippen LogP contribution is 2.43. The van der Waals surface area contributed by atoms with Gasteiger partial charge in [-0.2, -0.15) is 0 Å². The maximum absolute atomic E-state index is 12.9. The van der Waals surface area contributed by atoms with E-state index in [9.17, 15) is 19.4 Å². The number of carbonyl (C=O) groups excluding carboxylic acids is 1. The van der Waals surface area contributed by atoms with E-state index < -0.39 is 20.0 Å². The highest BCUT2D eigenvalue weighted by atomic mass is 31.2. The van der Waals surface area contributed by atoms with Crippen molar-refractivity contribution in [2.24, 2.45) is 0 Å². The Hall–Kier alpha value is -1.54. The summed E-state index contributed by atoms with van der Waals surface area (Å²) in [5, 5.41) is 13.9. The van der Waals surface area contributed by atoms with Crippen LogP contribution in [0.25, 0.3) is 0 Å². The second-order valence-electron chi connectivity index (χ2n) is 19.6. The first-order chi connectivity index (χ1) is 31.0. The Morgan fingerprint density at radius 2 is 0.859 bits per heavy atom. The van der Waals surface area contributed by atoms with E-state index in [1.807, 2.05) is 27.2 Å². The number of aliphatic hydroxyl groups excluding tert-OH is 1. The molecule has 3 N–H and O–H groups in total. The Labute approximate surface area is 397 Å². The van der Waals surface area contributed by atoms with E-state index in [0.717, 1.165) is 44.9 Å². The third kappa shape index (κ3) is 48.4. The van der Waals surface area contributed by atoms with Crippen LogP contribution in [0.5, 0.6) is 0 Å². The number of nitrogens with one attached hydrogen (secondary N) is 1. The highest BCUT2D eigenvalue weighted by molar-refractivity contribution is 7.47. The fourth-order valence-corrected chi connectivity index (χ4v) is 8.45. The Bertz CT molecular complexity index is 1180. The standard InChI is InChI=1S/C55H105N2O6P/c1-6-8-10-12-14-16-18-20-22-24-26-27-28-29-30-31-33-35-37-39-41-43-45-47-49-55(59)56-53(52-63-64(60,61)62-51-50-57(3,4)5)54(58)48-46-44-42-40-38-36-34-32-25-23-21-19-17-15-13-11-9-7-2/h25,29-30,32,38,40,46,48,53-54,58H,6-24,26-28,31,33-37,39,41-45,47,49-52H2,1-5H3,(H-,56,59,60,61)/p+1/b30-29-,32-25+,40-38+,48-46+. The van der Waals surface area contributed by atoms with Crippen LogP contribution in [-0.4, -0.2) is 73.4 Å². The van der Waals surface area contributed by atoms with Gasteiger partial charge in [-0.15, -0.1) is 0 Å². The summed E-state index contributed by atoms with van der Waals surface area (Å²) in [4.78, 5) is 23.2. The third-order valence-electron chi connectivity index (χ3n) is 12.0. The summed E-state index contributed by atoms with van der Waals surface area (Å²) < 4.78 is 23.6. The van der Waals surface area contributed by atoms with Crippen LogP contribution < -0.4 is 5.32 Å². The molecule has 0 spiro atoms. The van der Waals surface area contributed by atoms with Gasteiger partial charge in [0.1, 0.15) is 13.2 Å². The number of hydrogen-bond donors (Lipinski definition) is 3. The number of phosphoric ester groups is 1. The molecule has 0 aromatic carbocycles. The molecule has 0 aromatic heterocycles. The average molecular weight is 922 g/mol. The monoisotopic (exact) mass is 922 g/mol. The maximum Gasteiger partial charge on any atom is 0.472 e. The van der Waals surface area contributed by atoms with Crippen molar-refractivity contribution in [3.05, 3.63) is 48.6 Å². The van der Waals surface area contributed by atoms with Gasteiger partial charge in [0.2, 0.25) is 5.91 Å². The lowest BCUT2D eigenvalue weighted by molar-refractivity contribution is -0.870. The van der Waals surface area contributed by atoms with Crippen molar-refractivity contribution in [1.82, 2.24) is 5.32 Å². The van der Waals surface area contributed by atoms with Crippen LogP contribution in [0.2, 0.25) is 0 Å². The van der Waals surface area contributed by atoms with Crippen LogP contribution in [0.4, 0.5) is 0 Å². The topological polar surface area (TPSA) is 105 Å². The molecule has 376 valence electrons. The first-order valence-electron chi connectivity index (χ1n) is 27.0. The molecule has 8 nitrogen and oxygen atoms in total. The Balaban J connectivity index is 4.31. The zero-order valence-electron chi connectivity index (χ0n) is 42.8. The number of allylic oxidation sites excluding steroid dienone is 7. The number of carbonyl (C=O) groups is 1. The normalized spacial score (nSPS) is 14.4. The molecule has 0 bridgehead atoms. The number of nitrogens with zero attached hydrogens (tertiary/aromatic N) is 1. The fraction of sp³-hybridized carbons (Fsp3) is 0.836. The molecule has 0 fully saturated rings. The molecular weight excluding hydrogens is 816 g/mol. The summed E-state index contributed by atoms with van der Waals surface area (Å²) in [6.45, 7) is 4.80. The molecule has 3 atom stereocenters. The number of quaternary nitrogens is 1. The summed E-state index contributed by atoms with van der Waals surface area (Å²) in [6.07, 6.45) is 60.6. The van der Waals surface area contributed by atoms with Crippen LogP contribution in [0, 0.1) is 0 Å². The summed E-state index contributed by atoms with van der Waals surface area (Å²) >= 11 is 0. The van der Waals surface area contributed by atoms with Gasteiger partial charge in [0.15, 0.2) is 0 Å². The molecule has 0 heterocycles. The Kier molecular flexibility index (Phi) is 45.4. The van der Waals surface area contributed by atoms with E-state index in [-0.39, 0.29) is 19.1 Å². The second-order valence-corrected chi connectivity index (χ2v) is 21.0. The van der Waals surface area contributed by atoms with Crippen LogP contribution >= 0.6 is 7.82 Å². The SMILES string of the molecule is CCCCCCCCCC/C=C/CC/C=C/CC/C=C/C(O)C(COP(=O)(O)OCC[N+](C)(C)C)NC(=O)CCCCCCCCCC/C=C\CCCCCCCCCCCCCC. The van der Waals surface area contributed by atoms with Crippen LogP contribution in [0.1, 0.15) is 245 Å². The number of hydrogen-bond acceptors (Lipinski definition) is 5. The zero-order chi connectivity index (χ0) is 47.1. The minimum Gasteiger partial charge on any atom is -0.387 e. The molecule has 1 amide bonds. The largest absolute Gasteiger partial charge is 0.472 e. The van der Waals surface area contributed by atoms with Gasteiger partial charge in [-0.25, -0.2) is 4.57 Å². The predicted octanol–water partition coefficient (Wildman–Crippen LogP) is 16.0. The van der Waals surface area contributed by atoms with Gasteiger partial charge in [0.25, 0.3) is 0 Å². The summed E-state index contributed by atoms with van der Waals surface area (Å²) in [7, 11) is 1.55. The highest BCUT2D eigenvalue weighted by Gasteiger charge is 2.27. The molecule has 3 unspecified atom stereocenters. The fourth-order valence-electron chi connectivity index (χ4n) is 7.72. The minimum absolute atomic E-state index is 0.0524. The molecule has 0 radical (unpaired) electrons. The second kappa shape index (κ2) is 46.6. The zero-order valence-corrected chi connectivity index (χ0v) is 43.7. The minimum atomic E-state index is -4.36. The van der Waals surface area contributed by atoms with Crippen molar-refractivity contribution in [3.63, 3.8) is 0 Å². The van der Waals surface area contributed by atoms with Gasteiger partial charge in [-0.3, -0.25) is 13.8 Å². The average Bonchev–Trinajstić information content (AvgIpc) is 3.25. The molecule has 0 aliphatic heterocycles. The first kappa shape index (κ1) is 62.5. The number of amides is 1. The number of rotatable bonds is 49. The molecule has 0 aromatic rings. The summed E-state index contributed by atoms with van der Waals surface area (Å²) in [6, 6.07) is -0.872. The van der Waals surface area contributed by atoms with E-state index >= 15 is 0 Å². The molecule has 0 rings (SSSR count). The van der Waals surface area contributed by atoms with Gasteiger partial charge in [0, 0.05) is 6.42 Å². The number of aliphatic hydroxyl groups is 1. The Morgan fingerprint density at radius 1 is 0.516 bits per heavy atom. The van der Waals surface area contributed by atoms with Crippen molar-refractivity contribution >= 4 is 13.7 Å². The molecule has 0 aliphatic carbocycles. The third-order valence-corrected chi connectivity index (χ3v) is 13.0. The van der Waals surface area contributed by atoms with Crippen LogP contribution in [-0.2, 0) is 18.4 Å². The summed E-state index contributed by atoms with van der Waals surface area (Å²) in [5.74, 6) is -0.193. The van der Waals surface area contributed by atoms with Crippen LogP contribution in [0.3, 0.4) is 0 Å². The van der Waals surface area contributed by atoms with Crippen molar-refractivity contribution in [2.75, 3.05) is 40.9 Å². The number of unbranched alkanes of at least 4 members (excludes halogenated alkanes) is 30. The lowest BCUT2D eigenvalue weighted by atomic mass is 10.0. The van der Waals surface area contributed by atoms with Gasteiger partial charge in [0.05, 0.1) is 39.9 Å². The van der Waals surface area contributed by atoms with E-state index in [1.54, 1.807) is 6.08 Å². The van der Waals surface area contributed by atoms with Crippen LogP contribution in [0.15, 0.2) is 48.6 Å². The maximum atomic E-state index is 12.9. The van der Waals surface area contributed by atoms with E-state index in [1.165, 1.54) is 180 Å². The molecule has 0 saturated carbocycles. The number of phosphoric acid groups is 1. The molecule has 0 aliphatic rings. The van der Waals surface area contributed by atoms with E-state index in [0.29, 0.717) is 17.4 Å². The van der Waals surface area contributed by atoms with Crippen molar-refractivity contribution < 1.29 is 32.9 Å². The quantitative estimate of drug-likeness (QED) is 0.0243. The van der Waals surface area contributed by atoms with Gasteiger partial charge in [-0.1, -0.05) is 217 Å². The first-order valence-corrected chi connectivity index (χ1v) is 28.5. The van der Waals surface area contributed by atoms with Gasteiger partial charge in [-0.05, 0) is 70.6 Å². The molecule has 0 saturated heterocycles. The van der Waals surface area contributed by atoms with Crippen molar-refractivity contribution in [2.45, 2.75) is 257 Å². The van der Waals surface area contributed by atoms with E-state index in [4.69, 9.17) is 9.05 Å². The molecule has 9 heteroatoms. The predicted molar refractivity (Wildman–Crippen MR) is 277 cm³/mol. The lowest BCUT2D eigenvalue weighted by Crippen LogP contribution is -2.45. The number of likely N-dealkylation sites (N-methyl/N-ethyl adjacent to an activating group) is 1. The van der Waals surface area contributed by atoms with Crippen molar-refractivity contribution in [1.29, 1.82) is 0 Å². The van der Waals surface area contributed by atoms with Gasteiger partial charge >= 0.3 is 7.82 Å². The lowest BCUT2D eigenvalue weighted by Gasteiger charge is -2.25. The van der Waals surface area contributed by atoms with Crippen molar-refractivity contribution in [3.8, 4) is 0 Å². The molecular formula is C55H106N2O6P+. The molecule has 64 heavy (non-hydrogen) atoms. The smallest absolute Gasteiger partial charge is 0.387 e. The summed E-state index contributed by atoms with van der Waals surface area (Å²) in [5.41, 5.74) is 0. The van der Waals surface area contributed by atoms with E-state index in [2.05, 4.69) is 55.6 Å².